The summed E-state index contributed by atoms with van der Waals surface area (Å²) in [5.41, 5.74) is 2.47. The lowest BCUT2D eigenvalue weighted by Gasteiger charge is -2.19. The molecular weight excluding hydrogens is 256 g/mol. The number of halogens is 1. The van der Waals surface area contributed by atoms with Gasteiger partial charge in [0.2, 0.25) is 0 Å². The lowest BCUT2D eigenvalue weighted by atomic mass is 9.84. The molecule has 0 aliphatic heterocycles. The Bertz CT molecular complexity index is 574. The molecule has 0 N–H and O–H groups in total. The van der Waals surface area contributed by atoms with Crippen molar-refractivity contribution in [2.75, 3.05) is 0 Å². The van der Waals surface area contributed by atoms with Crippen molar-refractivity contribution < 1.29 is 4.79 Å². The minimum atomic E-state index is 0.284. The summed E-state index contributed by atoms with van der Waals surface area (Å²) in [5, 5.41) is 0.740. The molecule has 1 nitrogen and oxygen atoms in total. The van der Waals surface area contributed by atoms with Crippen molar-refractivity contribution >= 4 is 17.4 Å². The first-order chi connectivity index (χ1) is 9.24. The highest BCUT2D eigenvalue weighted by Crippen LogP contribution is 2.44. The molecule has 0 aromatic heterocycles. The topological polar surface area (TPSA) is 17.1 Å². The maximum atomic E-state index is 11.9. The van der Waals surface area contributed by atoms with Gasteiger partial charge in [-0.2, -0.15) is 0 Å². The molecule has 0 radical (unpaired) electrons. The van der Waals surface area contributed by atoms with E-state index in [9.17, 15) is 4.79 Å². The number of carbonyl (C=O) groups is 1. The molecule has 0 saturated heterocycles. The molecule has 96 valence electrons. The van der Waals surface area contributed by atoms with E-state index in [1.54, 1.807) is 0 Å². The van der Waals surface area contributed by atoms with E-state index in [-0.39, 0.29) is 5.92 Å². The highest BCUT2D eigenvalue weighted by molar-refractivity contribution is 6.30. The Morgan fingerprint density at radius 2 is 1.32 bits per heavy atom. The maximum absolute atomic E-state index is 11.9. The van der Waals surface area contributed by atoms with Gasteiger partial charge in [0.15, 0.2) is 0 Å². The normalized spacial score (nSPS) is 22.7. The number of rotatable bonds is 2. The number of benzene rings is 2. The summed E-state index contributed by atoms with van der Waals surface area (Å²) >= 11 is 5.93. The number of Topliss-reactive ketones (excluding diaryl/α,β-unsaturated/α-hetero) is 1. The van der Waals surface area contributed by atoms with Crippen LogP contribution in [0, 0.1) is 0 Å². The Morgan fingerprint density at radius 1 is 0.789 bits per heavy atom. The molecule has 2 atom stereocenters. The highest BCUT2D eigenvalue weighted by atomic mass is 35.5. The standard InChI is InChI=1S/C17H15ClO/c18-14-8-6-13(7-9-14)17-11-15(19)10-16(17)12-4-2-1-3-5-12/h1-9,16-17H,10-11H2/t16-,17-/m0/s1. The third-order valence-electron chi connectivity index (χ3n) is 3.91. The fourth-order valence-electron chi connectivity index (χ4n) is 2.97. The highest BCUT2D eigenvalue weighted by Gasteiger charge is 2.34. The molecule has 19 heavy (non-hydrogen) atoms. The van der Waals surface area contributed by atoms with Crippen LogP contribution in [0.1, 0.15) is 35.8 Å². The van der Waals surface area contributed by atoms with Gasteiger partial charge >= 0.3 is 0 Å². The molecule has 1 aliphatic rings. The van der Waals surface area contributed by atoms with E-state index in [0.717, 1.165) is 5.02 Å². The molecule has 0 unspecified atom stereocenters. The molecule has 3 rings (SSSR count). The zero-order valence-corrected chi connectivity index (χ0v) is 11.3. The van der Waals surface area contributed by atoms with Crippen molar-refractivity contribution in [3.63, 3.8) is 0 Å². The van der Waals surface area contributed by atoms with Crippen molar-refractivity contribution in [1.82, 2.24) is 0 Å². The van der Waals surface area contributed by atoms with Crippen LogP contribution in [0.5, 0.6) is 0 Å². The number of hydrogen-bond acceptors (Lipinski definition) is 1. The van der Waals surface area contributed by atoms with E-state index < -0.39 is 0 Å². The van der Waals surface area contributed by atoms with Crippen LogP contribution in [0.3, 0.4) is 0 Å². The van der Waals surface area contributed by atoms with Crippen LogP contribution in [0.2, 0.25) is 5.02 Å². The SMILES string of the molecule is O=C1C[C@@H](c2ccccc2)[C@H](c2ccc(Cl)cc2)C1. The van der Waals surface area contributed by atoms with E-state index in [4.69, 9.17) is 11.6 Å². The van der Waals surface area contributed by atoms with Crippen molar-refractivity contribution in [3.8, 4) is 0 Å². The molecule has 2 aromatic rings. The minimum Gasteiger partial charge on any atom is -0.300 e. The van der Waals surface area contributed by atoms with Gasteiger partial charge in [0.05, 0.1) is 0 Å². The van der Waals surface area contributed by atoms with Gasteiger partial charge in [0, 0.05) is 17.9 Å². The lowest BCUT2D eigenvalue weighted by molar-refractivity contribution is -0.117. The van der Waals surface area contributed by atoms with Crippen molar-refractivity contribution in [2.24, 2.45) is 0 Å². The first kappa shape index (κ1) is 12.4. The number of carbonyl (C=O) groups excluding carboxylic acids is 1. The summed E-state index contributed by atoms with van der Waals surface area (Å²) in [6, 6.07) is 18.2. The van der Waals surface area contributed by atoms with Crippen molar-refractivity contribution in [1.29, 1.82) is 0 Å². The van der Waals surface area contributed by atoms with Gasteiger partial charge in [0.25, 0.3) is 0 Å². The monoisotopic (exact) mass is 270 g/mol. The molecular formula is C17H15ClO. The third kappa shape index (κ3) is 2.57. The molecule has 0 bridgehead atoms. The van der Waals surface area contributed by atoms with Crippen LogP contribution in [0.25, 0.3) is 0 Å². The average Bonchev–Trinajstić information content (AvgIpc) is 2.83. The maximum Gasteiger partial charge on any atom is 0.134 e. The van der Waals surface area contributed by atoms with Crippen LogP contribution >= 0.6 is 11.6 Å². The smallest absolute Gasteiger partial charge is 0.134 e. The van der Waals surface area contributed by atoms with E-state index in [1.165, 1.54) is 11.1 Å². The van der Waals surface area contributed by atoms with Gasteiger partial charge in [-0.15, -0.1) is 0 Å². The van der Waals surface area contributed by atoms with Gasteiger partial charge in [0.1, 0.15) is 5.78 Å². The van der Waals surface area contributed by atoms with Crippen molar-refractivity contribution in [2.45, 2.75) is 24.7 Å². The lowest BCUT2D eigenvalue weighted by Crippen LogP contribution is -2.04. The first-order valence-electron chi connectivity index (χ1n) is 6.56. The summed E-state index contributed by atoms with van der Waals surface area (Å²) in [7, 11) is 0. The fraction of sp³-hybridized carbons (Fsp3) is 0.235. The van der Waals surface area contributed by atoms with Crippen LogP contribution < -0.4 is 0 Å². The summed E-state index contributed by atoms with van der Waals surface area (Å²) in [4.78, 5) is 11.9. The zero-order valence-electron chi connectivity index (χ0n) is 10.6. The Balaban J connectivity index is 1.95. The molecule has 0 amide bonds. The molecule has 1 aliphatic carbocycles. The second-order valence-electron chi connectivity index (χ2n) is 5.12. The van der Waals surface area contributed by atoms with Gasteiger partial charge in [-0.05, 0) is 35.1 Å². The molecule has 2 heteroatoms. The molecule has 0 spiro atoms. The quantitative estimate of drug-likeness (QED) is 0.781. The molecule has 2 aromatic carbocycles. The van der Waals surface area contributed by atoms with Crippen LogP contribution in [-0.2, 0) is 4.79 Å². The van der Waals surface area contributed by atoms with Crippen molar-refractivity contribution in [3.05, 3.63) is 70.7 Å². The van der Waals surface area contributed by atoms with Gasteiger partial charge in [-0.1, -0.05) is 54.1 Å². The van der Waals surface area contributed by atoms with Crippen LogP contribution in [0.4, 0.5) is 0 Å². The van der Waals surface area contributed by atoms with E-state index >= 15 is 0 Å². The second kappa shape index (κ2) is 5.18. The number of ketones is 1. The fourth-order valence-corrected chi connectivity index (χ4v) is 3.09. The Morgan fingerprint density at radius 3 is 1.89 bits per heavy atom. The first-order valence-corrected chi connectivity index (χ1v) is 6.94. The van der Waals surface area contributed by atoms with Crippen LogP contribution in [-0.4, -0.2) is 5.78 Å². The van der Waals surface area contributed by atoms with Crippen LogP contribution in [0.15, 0.2) is 54.6 Å². The van der Waals surface area contributed by atoms with Gasteiger partial charge in [-0.3, -0.25) is 4.79 Å². The largest absolute Gasteiger partial charge is 0.300 e. The Kier molecular flexibility index (Phi) is 3.39. The average molecular weight is 271 g/mol. The predicted molar refractivity (Wildman–Crippen MR) is 77.6 cm³/mol. The summed E-state index contributed by atoms with van der Waals surface area (Å²) in [6.45, 7) is 0. The second-order valence-corrected chi connectivity index (χ2v) is 5.56. The van der Waals surface area contributed by atoms with E-state index in [2.05, 4.69) is 12.1 Å². The van der Waals surface area contributed by atoms with E-state index in [1.807, 2.05) is 42.5 Å². The van der Waals surface area contributed by atoms with E-state index in [0.29, 0.717) is 24.5 Å². The number of hydrogen-bond donors (Lipinski definition) is 0. The summed E-state index contributed by atoms with van der Waals surface area (Å²) in [6.07, 6.45) is 1.29. The molecule has 1 saturated carbocycles. The Hall–Kier alpha value is -1.60. The molecule has 1 fully saturated rings. The van der Waals surface area contributed by atoms with Gasteiger partial charge in [-0.25, -0.2) is 0 Å². The Labute approximate surface area is 118 Å². The third-order valence-corrected chi connectivity index (χ3v) is 4.16. The molecule has 0 heterocycles. The zero-order chi connectivity index (χ0) is 13.2. The predicted octanol–water partition coefficient (Wildman–Crippen LogP) is 4.57. The van der Waals surface area contributed by atoms with Gasteiger partial charge < -0.3 is 0 Å². The summed E-state index contributed by atoms with van der Waals surface area (Å²) in [5.74, 6) is 0.941. The minimum absolute atomic E-state index is 0.284. The summed E-state index contributed by atoms with van der Waals surface area (Å²) < 4.78 is 0.